The molecule has 0 fully saturated rings. The van der Waals surface area contributed by atoms with E-state index in [4.69, 9.17) is 0 Å². The number of nitrogens with zero attached hydrogens (tertiary/aromatic N) is 2. The molecule has 0 unspecified atom stereocenters. The normalized spacial score (nSPS) is 10.8. The van der Waals surface area contributed by atoms with E-state index in [0.717, 1.165) is 32.8 Å². The average molecular weight is 325 g/mol. The number of amides is 1. The molecule has 0 aliphatic heterocycles. The Hall–Kier alpha value is -2.40. The second-order valence-electron chi connectivity index (χ2n) is 5.81. The number of hydrogen-bond acceptors (Lipinski definition) is 4. The smallest absolute Gasteiger partial charge is 0.255 e. The fourth-order valence-electron chi connectivity index (χ4n) is 2.59. The summed E-state index contributed by atoms with van der Waals surface area (Å²) in [6.45, 7) is 4.03. The fourth-order valence-corrected chi connectivity index (χ4v) is 3.58. The number of rotatable bonds is 3. The van der Waals surface area contributed by atoms with E-state index in [-0.39, 0.29) is 5.91 Å². The van der Waals surface area contributed by atoms with Gasteiger partial charge < -0.3 is 10.2 Å². The van der Waals surface area contributed by atoms with Gasteiger partial charge in [-0.3, -0.25) is 4.79 Å². The zero-order valence-electron chi connectivity index (χ0n) is 13.7. The number of benzene rings is 1. The number of anilines is 2. The van der Waals surface area contributed by atoms with E-state index in [1.54, 1.807) is 11.3 Å². The number of aromatic nitrogens is 1. The third-order valence-electron chi connectivity index (χ3n) is 3.76. The molecule has 0 spiro atoms. The molecule has 5 heteroatoms. The molecule has 0 aliphatic carbocycles. The summed E-state index contributed by atoms with van der Waals surface area (Å²) in [5, 5.41) is 5.99. The zero-order chi connectivity index (χ0) is 16.6. The van der Waals surface area contributed by atoms with Crippen molar-refractivity contribution in [1.82, 2.24) is 4.98 Å². The summed E-state index contributed by atoms with van der Waals surface area (Å²) < 4.78 is 0. The lowest BCUT2D eigenvalue weighted by molar-refractivity contribution is 0.102. The number of aryl methyl sites for hydroxylation is 2. The number of thiophene rings is 1. The van der Waals surface area contributed by atoms with Crippen molar-refractivity contribution in [2.24, 2.45) is 0 Å². The van der Waals surface area contributed by atoms with Crippen LogP contribution in [0.15, 0.2) is 35.7 Å². The van der Waals surface area contributed by atoms with Crippen LogP contribution in [0.25, 0.3) is 10.2 Å². The molecule has 23 heavy (non-hydrogen) atoms. The van der Waals surface area contributed by atoms with Gasteiger partial charge in [0.15, 0.2) is 0 Å². The number of pyridine rings is 1. The van der Waals surface area contributed by atoms with Crippen molar-refractivity contribution in [2.45, 2.75) is 13.8 Å². The highest BCUT2D eigenvalue weighted by Crippen LogP contribution is 2.32. The van der Waals surface area contributed by atoms with Gasteiger partial charge in [0, 0.05) is 41.8 Å². The molecule has 1 amide bonds. The summed E-state index contributed by atoms with van der Waals surface area (Å²) in [5.74, 6) is -0.102. The topological polar surface area (TPSA) is 45.2 Å². The lowest BCUT2D eigenvalue weighted by atomic mass is 10.1. The van der Waals surface area contributed by atoms with Gasteiger partial charge in [-0.05, 0) is 49.7 Å². The maximum absolute atomic E-state index is 12.5. The van der Waals surface area contributed by atoms with Crippen molar-refractivity contribution in [3.63, 3.8) is 0 Å². The molecule has 118 valence electrons. The van der Waals surface area contributed by atoms with Crippen LogP contribution < -0.4 is 10.2 Å². The van der Waals surface area contributed by atoms with Crippen LogP contribution in [0, 0.1) is 13.8 Å². The lowest BCUT2D eigenvalue weighted by Gasteiger charge is -2.12. The Kier molecular flexibility index (Phi) is 4.05. The van der Waals surface area contributed by atoms with Gasteiger partial charge in [-0.2, -0.15) is 0 Å². The minimum atomic E-state index is -0.102. The largest absolute Gasteiger partial charge is 0.378 e. The molecule has 1 N–H and O–H groups in total. The lowest BCUT2D eigenvalue weighted by Crippen LogP contribution is -2.13. The van der Waals surface area contributed by atoms with E-state index in [9.17, 15) is 4.79 Å². The van der Waals surface area contributed by atoms with E-state index >= 15 is 0 Å². The first kappa shape index (κ1) is 15.5. The van der Waals surface area contributed by atoms with Crippen LogP contribution in [0.1, 0.15) is 21.6 Å². The molecule has 0 saturated heterocycles. The highest BCUT2D eigenvalue weighted by molar-refractivity contribution is 7.17. The second kappa shape index (κ2) is 6.01. The van der Waals surface area contributed by atoms with Gasteiger partial charge in [-0.1, -0.05) is 0 Å². The van der Waals surface area contributed by atoms with Crippen molar-refractivity contribution in [3.8, 4) is 0 Å². The van der Waals surface area contributed by atoms with E-state index in [1.807, 2.05) is 68.6 Å². The van der Waals surface area contributed by atoms with E-state index in [1.165, 1.54) is 0 Å². The Morgan fingerprint density at radius 1 is 1.17 bits per heavy atom. The van der Waals surface area contributed by atoms with Crippen molar-refractivity contribution >= 4 is 38.8 Å². The van der Waals surface area contributed by atoms with Crippen molar-refractivity contribution in [2.75, 3.05) is 24.3 Å². The average Bonchev–Trinajstić information content (AvgIpc) is 2.90. The van der Waals surface area contributed by atoms with Crippen molar-refractivity contribution < 1.29 is 4.79 Å². The maximum Gasteiger partial charge on any atom is 0.255 e. The monoisotopic (exact) mass is 325 g/mol. The van der Waals surface area contributed by atoms with Crippen LogP contribution in [0.3, 0.4) is 0 Å². The Morgan fingerprint density at radius 3 is 2.52 bits per heavy atom. The maximum atomic E-state index is 12.5. The Morgan fingerprint density at radius 2 is 1.87 bits per heavy atom. The van der Waals surface area contributed by atoms with Crippen LogP contribution in [0.2, 0.25) is 0 Å². The quantitative estimate of drug-likeness (QED) is 0.784. The fraction of sp³-hybridized carbons (Fsp3) is 0.222. The van der Waals surface area contributed by atoms with E-state index in [0.29, 0.717) is 5.56 Å². The predicted octanol–water partition coefficient (Wildman–Crippen LogP) is 4.23. The highest BCUT2D eigenvalue weighted by Gasteiger charge is 2.13. The first-order chi connectivity index (χ1) is 11.0. The molecule has 2 aromatic heterocycles. The summed E-state index contributed by atoms with van der Waals surface area (Å²) in [6, 6.07) is 9.60. The highest BCUT2D eigenvalue weighted by atomic mass is 32.1. The number of carbonyl (C=O) groups is 1. The first-order valence-corrected chi connectivity index (χ1v) is 8.28. The summed E-state index contributed by atoms with van der Waals surface area (Å²) >= 11 is 1.55. The minimum absolute atomic E-state index is 0.102. The van der Waals surface area contributed by atoms with Gasteiger partial charge in [0.25, 0.3) is 5.91 Å². The molecular weight excluding hydrogens is 306 g/mol. The molecule has 2 heterocycles. The molecule has 3 aromatic rings. The Bertz CT molecular complexity index is 866. The minimum Gasteiger partial charge on any atom is -0.378 e. The van der Waals surface area contributed by atoms with Crippen LogP contribution in [-0.2, 0) is 0 Å². The summed E-state index contributed by atoms with van der Waals surface area (Å²) in [7, 11) is 3.95. The number of nitrogens with one attached hydrogen (secondary N) is 1. The standard InChI is InChI=1S/C18H19N3OS/c1-11-9-12(2)19-18-16(11)15(10-23-18)20-17(22)13-5-7-14(8-6-13)21(3)4/h5-10H,1-4H3,(H,20,22). The van der Waals surface area contributed by atoms with Crippen molar-refractivity contribution in [1.29, 1.82) is 0 Å². The number of hydrogen-bond donors (Lipinski definition) is 1. The summed E-state index contributed by atoms with van der Waals surface area (Å²) in [5.41, 5.74) is 4.67. The molecule has 4 nitrogen and oxygen atoms in total. The zero-order valence-corrected chi connectivity index (χ0v) is 14.5. The number of fused-ring (bicyclic) bond motifs is 1. The predicted molar refractivity (Wildman–Crippen MR) is 97.8 cm³/mol. The van der Waals surface area contributed by atoms with Crippen LogP contribution in [0.5, 0.6) is 0 Å². The second-order valence-corrected chi connectivity index (χ2v) is 6.66. The molecule has 0 atom stereocenters. The van der Waals surface area contributed by atoms with Crippen LogP contribution >= 0.6 is 11.3 Å². The third-order valence-corrected chi connectivity index (χ3v) is 4.64. The van der Waals surface area contributed by atoms with E-state index < -0.39 is 0 Å². The van der Waals surface area contributed by atoms with Gasteiger partial charge in [0.05, 0.1) is 5.69 Å². The molecular formula is C18H19N3OS. The van der Waals surface area contributed by atoms with Gasteiger partial charge in [0.1, 0.15) is 4.83 Å². The summed E-state index contributed by atoms with van der Waals surface area (Å²) in [6.07, 6.45) is 0. The van der Waals surface area contributed by atoms with Crippen LogP contribution in [0.4, 0.5) is 11.4 Å². The van der Waals surface area contributed by atoms with Crippen LogP contribution in [-0.4, -0.2) is 25.0 Å². The van der Waals surface area contributed by atoms with Crippen molar-refractivity contribution in [3.05, 3.63) is 52.5 Å². The molecule has 0 aliphatic rings. The molecule has 3 rings (SSSR count). The Labute approximate surface area is 139 Å². The van der Waals surface area contributed by atoms with Gasteiger partial charge >= 0.3 is 0 Å². The van der Waals surface area contributed by atoms with E-state index in [2.05, 4.69) is 10.3 Å². The van der Waals surface area contributed by atoms with Gasteiger partial charge in [-0.15, -0.1) is 11.3 Å². The summed E-state index contributed by atoms with van der Waals surface area (Å²) in [4.78, 5) is 20.0. The Balaban J connectivity index is 1.88. The number of carbonyl (C=O) groups excluding carboxylic acids is 1. The molecule has 0 saturated carbocycles. The van der Waals surface area contributed by atoms with Gasteiger partial charge in [-0.25, -0.2) is 4.98 Å². The van der Waals surface area contributed by atoms with Gasteiger partial charge in [0.2, 0.25) is 0 Å². The first-order valence-electron chi connectivity index (χ1n) is 7.40. The molecule has 1 aromatic carbocycles. The SMILES string of the molecule is Cc1cc(C)c2c(NC(=O)c3ccc(N(C)C)cc3)csc2n1. The third kappa shape index (κ3) is 3.05. The molecule has 0 radical (unpaired) electrons. The molecule has 0 bridgehead atoms.